The third-order valence-corrected chi connectivity index (χ3v) is 6.10. The number of aliphatic carboxylic acids is 1. The van der Waals surface area contributed by atoms with Crippen LogP contribution in [-0.2, 0) is 30.6 Å². The van der Waals surface area contributed by atoms with Gasteiger partial charge in [-0.3, -0.25) is 9.59 Å². The first-order valence-corrected chi connectivity index (χ1v) is 10.7. The van der Waals surface area contributed by atoms with E-state index in [4.69, 9.17) is 5.73 Å². The summed E-state index contributed by atoms with van der Waals surface area (Å²) in [6.45, 7) is 0. The van der Waals surface area contributed by atoms with Gasteiger partial charge < -0.3 is 31.2 Å². The van der Waals surface area contributed by atoms with E-state index in [9.17, 15) is 51.3 Å². The Morgan fingerprint density at radius 2 is 1.88 bits per heavy atom. The number of carbonyl (C=O) groups is 3. The molecule has 0 saturated heterocycles. The van der Waals surface area contributed by atoms with Gasteiger partial charge >= 0.3 is 6.18 Å². The number of alkyl halides is 3. The minimum absolute atomic E-state index is 0.339. The van der Waals surface area contributed by atoms with Crippen LogP contribution < -0.4 is 20.9 Å². The normalized spacial score (nSPS) is 22.2. The predicted molar refractivity (Wildman–Crippen MR) is 101 cm³/mol. The van der Waals surface area contributed by atoms with Crippen LogP contribution in [0.2, 0.25) is 0 Å². The average Bonchev–Trinajstić information content (AvgIpc) is 2.69. The van der Waals surface area contributed by atoms with Crippen molar-refractivity contribution in [2.45, 2.75) is 48.2 Å². The Morgan fingerprint density at radius 3 is 2.42 bits per heavy atom. The van der Waals surface area contributed by atoms with Gasteiger partial charge in [-0.25, -0.2) is 13.1 Å². The SMILES string of the molecule is NC(=O)[C@@H](CC(=O)[O-])NC(=O)C1=C[C@@H](NS(=O)(=O)c2cccc(C(F)(F)F)c2)[C@@H](O)[C@H](O)C1. The number of hydrogen-bond donors (Lipinski definition) is 5. The third kappa shape index (κ3) is 6.74. The fourth-order valence-electron chi connectivity index (χ4n) is 2.97. The Labute approximate surface area is 185 Å². The molecule has 0 saturated carbocycles. The average molecular weight is 494 g/mol. The molecule has 1 aromatic rings. The molecule has 0 unspecified atom stereocenters. The highest BCUT2D eigenvalue weighted by atomic mass is 32.2. The molecule has 33 heavy (non-hydrogen) atoms. The van der Waals surface area contributed by atoms with Crippen LogP contribution in [0.25, 0.3) is 0 Å². The highest BCUT2D eigenvalue weighted by Gasteiger charge is 2.37. The molecular formula is C18H19F3N3O8S-. The first kappa shape index (κ1) is 26.2. The highest BCUT2D eigenvalue weighted by Crippen LogP contribution is 2.30. The van der Waals surface area contributed by atoms with Crippen LogP contribution in [0.5, 0.6) is 0 Å². The van der Waals surface area contributed by atoms with Gasteiger partial charge in [-0.1, -0.05) is 12.1 Å². The molecule has 1 aliphatic carbocycles. The van der Waals surface area contributed by atoms with E-state index >= 15 is 0 Å². The molecule has 1 aromatic carbocycles. The zero-order valence-corrected chi connectivity index (χ0v) is 17.4. The van der Waals surface area contributed by atoms with Crippen molar-refractivity contribution in [3.05, 3.63) is 41.5 Å². The number of benzene rings is 1. The molecule has 182 valence electrons. The fraction of sp³-hybridized carbons (Fsp3) is 0.389. The first-order chi connectivity index (χ1) is 15.1. The topological polar surface area (TPSA) is 199 Å². The van der Waals surface area contributed by atoms with Crippen LogP contribution in [0.1, 0.15) is 18.4 Å². The summed E-state index contributed by atoms with van der Waals surface area (Å²) in [6, 6.07) is -0.572. The lowest BCUT2D eigenvalue weighted by molar-refractivity contribution is -0.306. The number of halogens is 3. The van der Waals surface area contributed by atoms with Gasteiger partial charge in [0, 0.05) is 24.4 Å². The Bertz CT molecular complexity index is 1070. The number of carbonyl (C=O) groups excluding carboxylic acids is 3. The Morgan fingerprint density at radius 1 is 1.24 bits per heavy atom. The Balaban J connectivity index is 2.30. The Kier molecular flexibility index (Phi) is 7.84. The fourth-order valence-corrected chi connectivity index (χ4v) is 4.21. The van der Waals surface area contributed by atoms with Crippen LogP contribution in [0.4, 0.5) is 13.2 Å². The third-order valence-electron chi connectivity index (χ3n) is 4.65. The lowest BCUT2D eigenvalue weighted by Gasteiger charge is -2.31. The van der Waals surface area contributed by atoms with Crippen molar-refractivity contribution in [2.24, 2.45) is 5.73 Å². The van der Waals surface area contributed by atoms with Crippen molar-refractivity contribution >= 4 is 27.8 Å². The zero-order valence-electron chi connectivity index (χ0n) is 16.6. The first-order valence-electron chi connectivity index (χ1n) is 9.18. The number of carboxylic acid groups (broad SMARTS) is 1. The quantitative estimate of drug-likeness (QED) is 0.261. The summed E-state index contributed by atoms with van der Waals surface area (Å²) >= 11 is 0. The zero-order chi connectivity index (χ0) is 25.1. The predicted octanol–water partition coefficient (Wildman–Crippen LogP) is -2.49. The van der Waals surface area contributed by atoms with E-state index in [0.29, 0.717) is 12.1 Å². The molecule has 0 bridgehead atoms. The van der Waals surface area contributed by atoms with Crippen molar-refractivity contribution in [1.82, 2.24) is 10.0 Å². The Hall–Kier alpha value is -3.01. The number of hydrogen-bond acceptors (Lipinski definition) is 8. The van der Waals surface area contributed by atoms with Gasteiger partial charge in [0.25, 0.3) is 0 Å². The number of aliphatic hydroxyl groups excluding tert-OH is 2. The number of primary amides is 1. The molecule has 0 heterocycles. The largest absolute Gasteiger partial charge is 0.550 e. The van der Waals surface area contributed by atoms with Gasteiger partial charge in [-0.2, -0.15) is 13.2 Å². The number of sulfonamides is 1. The molecule has 15 heteroatoms. The summed E-state index contributed by atoms with van der Waals surface area (Å²) in [7, 11) is -4.66. The van der Waals surface area contributed by atoms with Crippen LogP contribution in [0.15, 0.2) is 40.8 Å². The molecule has 2 rings (SSSR count). The number of amides is 2. The lowest BCUT2D eigenvalue weighted by atomic mass is 9.90. The van der Waals surface area contributed by atoms with Gasteiger partial charge in [0.15, 0.2) is 0 Å². The molecular weight excluding hydrogens is 475 g/mol. The van der Waals surface area contributed by atoms with Gasteiger partial charge in [0.2, 0.25) is 21.8 Å². The molecule has 0 fully saturated rings. The summed E-state index contributed by atoms with van der Waals surface area (Å²) in [5.41, 5.74) is 3.43. The number of rotatable bonds is 8. The summed E-state index contributed by atoms with van der Waals surface area (Å²) in [5.74, 6) is -3.99. The van der Waals surface area contributed by atoms with Crippen molar-refractivity contribution in [3.8, 4) is 0 Å². The lowest BCUT2D eigenvalue weighted by Crippen LogP contribution is -2.52. The minimum atomic E-state index is -4.82. The standard InChI is InChI=1S/C18H20F3N3O8S/c19-18(20,21)9-2-1-3-10(6-9)33(31,32)24-11-4-8(5-13(25)15(11)28)17(30)23-12(16(22)29)7-14(26)27/h1-4,6,11-13,15,24-25,28H,5,7H2,(H2,22,29)(H,23,30)(H,26,27)/p-1/t11-,12-,13-,15-/m1/s1. The van der Waals surface area contributed by atoms with Crippen molar-refractivity contribution < 1.29 is 51.3 Å². The number of carboxylic acids is 1. The molecule has 0 aliphatic heterocycles. The number of aliphatic hydroxyl groups is 2. The van der Waals surface area contributed by atoms with E-state index in [1.807, 2.05) is 10.0 Å². The van der Waals surface area contributed by atoms with E-state index in [1.54, 1.807) is 0 Å². The molecule has 4 atom stereocenters. The van der Waals surface area contributed by atoms with E-state index in [-0.39, 0.29) is 5.57 Å². The van der Waals surface area contributed by atoms with Gasteiger partial charge in [-0.15, -0.1) is 0 Å². The molecule has 0 radical (unpaired) electrons. The highest BCUT2D eigenvalue weighted by molar-refractivity contribution is 7.89. The molecule has 0 spiro atoms. The molecule has 1 aliphatic rings. The molecule has 0 aromatic heterocycles. The minimum Gasteiger partial charge on any atom is -0.550 e. The van der Waals surface area contributed by atoms with E-state index in [0.717, 1.165) is 18.2 Å². The maximum atomic E-state index is 12.9. The van der Waals surface area contributed by atoms with Crippen LogP contribution in [-0.4, -0.2) is 60.7 Å². The molecule has 2 amide bonds. The smallest absolute Gasteiger partial charge is 0.416 e. The van der Waals surface area contributed by atoms with Crippen molar-refractivity contribution in [3.63, 3.8) is 0 Å². The van der Waals surface area contributed by atoms with Crippen molar-refractivity contribution in [1.29, 1.82) is 0 Å². The maximum absolute atomic E-state index is 12.9. The van der Waals surface area contributed by atoms with Gasteiger partial charge in [-0.05, 0) is 18.2 Å². The van der Waals surface area contributed by atoms with E-state index in [1.165, 1.54) is 0 Å². The summed E-state index contributed by atoms with van der Waals surface area (Å²) in [4.78, 5) is 33.6. The van der Waals surface area contributed by atoms with Crippen LogP contribution in [0, 0.1) is 0 Å². The number of nitrogens with two attached hydrogens (primary N) is 1. The second-order valence-electron chi connectivity index (χ2n) is 7.13. The van der Waals surface area contributed by atoms with Gasteiger partial charge in [0.1, 0.15) is 12.1 Å². The summed E-state index contributed by atoms with van der Waals surface area (Å²) < 4.78 is 65.7. The summed E-state index contributed by atoms with van der Waals surface area (Å²) in [5, 5.41) is 32.8. The molecule has 6 N–H and O–H groups in total. The van der Waals surface area contributed by atoms with Crippen LogP contribution >= 0.6 is 0 Å². The van der Waals surface area contributed by atoms with E-state index < -0.39 is 81.6 Å². The number of nitrogens with one attached hydrogen (secondary N) is 2. The monoisotopic (exact) mass is 494 g/mol. The van der Waals surface area contributed by atoms with Gasteiger partial charge in [0.05, 0.1) is 22.6 Å². The second-order valence-corrected chi connectivity index (χ2v) is 8.85. The summed E-state index contributed by atoms with van der Waals surface area (Å²) in [6.07, 6.45) is -8.86. The van der Waals surface area contributed by atoms with E-state index in [2.05, 4.69) is 0 Å². The van der Waals surface area contributed by atoms with Crippen molar-refractivity contribution in [2.75, 3.05) is 0 Å². The maximum Gasteiger partial charge on any atom is 0.416 e. The second kappa shape index (κ2) is 9.86. The van der Waals surface area contributed by atoms with Crippen LogP contribution in [0.3, 0.4) is 0 Å². The molecule has 11 nitrogen and oxygen atoms in total.